The van der Waals surface area contributed by atoms with Gasteiger partial charge >= 0.3 is 0 Å². The van der Waals surface area contributed by atoms with Crippen LogP contribution in [0, 0.1) is 0 Å². The molecule has 104 valence electrons. The third kappa shape index (κ3) is 3.06. The van der Waals surface area contributed by atoms with Gasteiger partial charge in [0.05, 0.1) is 12.7 Å². The van der Waals surface area contributed by atoms with Gasteiger partial charge in [0.1, 0.15) is 6.10 Å². The Morgan fingerprint density at radius 2 is 1.70 bits per heavy atom. The number of aliphatic hydroxyl groups is 1. The summed E-state index contributed by atoms with van der Waals surface area (Å²) in [6, 6.07) is 18.4. The van der Waals surface area contributed by atoms with Crippen LogP contribution >= 0.6 is 11.8 Å². The molecule has 20 heavy (non-hydrogen) atoms. The maximum absolute atomic E-state index is 10.4. The molecule has 1 aliphatic heterocycles. The molecule has 0 saturated carbocycles. The van der Waals surface area contributed by atoms with Gasteiger partial charge in [0.25, 0.3) is 0 Å². The Morgan fingerprint density at radius 3 is 2.35 bits per heavy atom. The Labute approximate surface area is 123 Å². The number of aliphatic hydroxyl groups excluding tert-OH is 1. The van der Waals surface area contributed by atoms with Crippen LogP contribution in [0.25, 0.3) is 11.1 Å². The molecular formula is C17H18O2S. The fourth-order valence-electron chi connectivity index (χ4n) is 2.41. The van der Waals surface area contributed by atoms with Gasteiger partial charge in [-0.2, -0.15) is 11.8 Å². The van der Waals surface area contributed by atoms with E-state index in [2.05, 4.69) is 24.3 Å². The van der Waals surface area contributed by atoms with E-state index in [1.807, 2.05) is 42.1 Å². The highest BCUT2D eigenvalue weighted by atomic mass is 32.2. The Hall–Kier alpha value is -1.29. The number of rotatable bonds is 3. The van der Waals surface area contributed by atoms with Crippen molar-refractivity contribution in [1.82, 2.24) is 0 Å². The van der Waals surface area contributed by atoms with Gasteiger partial charge in [0.15, 0.2) is 0 Å². The van der Waals surface area contributed by atoms with E-state index in [0.717, 1.165) is 23.7 Å². The van der Waals surface area contributed by atoms with Gasteiger partial charge < -0.3 is 9.84 Å². The van der Waals surface area contributed by atoms with Crippen molar-refractivity contribution in [2.45, 2.75) is 12.2 Å². The largest absolute Gasteiger partial charge is 0.386 e. The normalized spacial score (nSPS) is 20.6. The minimum Gasteiger partial charge on any atom is -0.386 e. The molecule has 2 nitrogen and oxygen atoms in total. The van der Waals surface area contributed by atoms with Crippen LogP contribution in [0.4, 0.5) is 0 Å². The summed E-state index contributed by atoms with van der Waals surface area (Å²) in [5.41, 5.74) is 3.29. The molecule has 3 heteroatoms. The topological polar surface area (TPSA) is 29.5 Å². The van der Waals surface area contributed by atoms with Crippen molar-refractivity contribution in [3.8, 4) is 11.1 Å². The fourth-order valence-corrected chi connectivity index (χ4v) is 3.30. The third-order valence-electron chi connectivity index (χ3n) is 3.55. The molecule has 0 spiro atoms. The lowest BCUT2D eigenvalue weighted by Crippen LogP contribution is -2.29. The number of hydrogen-bond acceptors (Lipinski definition) is 3. The zero-order valence-electron chi connectivity index (χ0n) is 11.2. The van der Waals surface area contributed by atoms with E-state index in [0.29, 0.717) is 0 Å². The van der Waals surface area contributed by atoms with Gasteiger partial charge in [-0.3, -0.25) is 0 Å². The summed E-state index contributed by atoms with van der Waals surface area (Å²) in [4.78, 5) is 0. The lowest BCUT2D eigenvalue weighted by atomic mass is 10.00. The van der Waals surface area contributed by atoms with Crippen molar-refractivity contribution in [2.24, 2.45) is 0 Å². The standard InChI is InChI=1S/C17H18O2S/c18-17(16-12-20-11-10-19-16)15-8-6-14(7-9-15)13-4-2-1-3-5-13/h1-9,16-18H,10-12H2. The smallest absolute Gasteiger partial charge is 0.106 e. The molecule has 1 aliphatic rings. The second-order valence-electron chi connectivity index (χ2n) is 4.92. The summed E-state index contributed by atoms with van der Waals surface area (Å²) in [6.07, 6.45) is -0.621. The molecule has 0 amide bonds. The Bertz CT molecular complexity index is 533. The van der Waals surface area contributed by atoms with Gasteiger partial charge in [-0.25, -0.2) is 0 Å². The first-order valence-corrected chi connectivity index (χ1v) is 8.03. The molecule has 1 saturated heterocycles. The molecule has 0 aliphatic carbocycles. The van der Waals surface area contributed by atoms with Gasteiger partial charge in [0.2, 0.25) is 0 Å². The summed E-state index contributed by atoms with van der Waals surface area (Å²) >= 11 is 1.84. The van der Waals surface area contributed by atoms with Gasteiger partial charge in [-0.15, -0.1) is 0 Å². The summed E-state index contributed by atoms with van der Waals surface area (Å²) in [7, 11) is 0. The zero-order chi connectivity index (χ0) is 13.8. The third-order valence-corrected chi connectivity index (χ3v) is 4.57. The summed E-state index contributed by atoms with van der Waals surface area (Å²) in [5, 5.41) is 10.4. The lowest BCUT2D eigenvalue weighted by Gasteiger charge is -2.27. The molecule has 2 aromatic carbocycles. The SMILES string of the molecule is OC(c1ccc(-c2ccccc2)cc1)C1CSCCO1. The summed E-state index contributed by atoms with van der Waals surface area (Å²) in [6.45, 7) is 0.731. The first-order chi connectivity index (χ1) is 9.84. The minimum absolute atomic E-state index is 0.0867. The van der Waals surface area contributed by atoms with Crippen molar-refractivity contribution in [1.29, 1.82) is 0 Å². The number of ether oxygens (including phenoxy) is 1. The molecule has 0 aromatic heterocycles. The van der Waals surface area contributed by atoms with Crippen molar-refractivity contribution in [2.75, 3.05) is 18.1 Å². The Morgan fingerprint density at radius 1 is 1.00 bits per heavy atom. The molecule has 1 heterocycles. The minimum atomic E-state index is -0.535. The van der Waals surface area contributed by atoms with Crippen LogP contribution in [-0.2, 0) is 4.74 Å². The molecule has 0 radical (unpaired) electrons. The maximum Gasteiger partial charge on any atom is 0.106 e. The Balaban J connectivity index is 1.75. The molecule has 2 atom stereocenters. The first kappa shape index (κ1) is 13.7. The van der Waals surface area contributed by atoms with E-state index >= 15 is 0 Å². The van der Waals surface area contributed by atoms with Gasteiger partial charge in [-0.1, -0.05) is 54.6 Å². The van der Waals surface area contributed by atoms with Crippen molar-refractivity contribution >= 4 is 11.8 Å². The average molecular weight is 286 g/mol. The van der Waals surface area contributed by atoms with Crippen molar-refractivity contribution in [3.05, 3.63) is 60.2 Å². The number of hydrogen-bond donors (Lipinski definition) is 1. The van der Waals surface area contributed by atoms with Crippen LogP contribution in [0.5, 0.6) is 0 Å². The van der Waals surface area contributed by atoms with E-state index in [1.54, 1.807) is 0 Å². The maximum atomic E-state index is 10.4. The van der Waals surface area contributed by atoms with Crippen molar-refractivity contribution in [3.63, 3.8) is 0 Å². The summed E-state index contributed by atoms with van der Waals surface area (Å²) < 4.78 is 5.64. The number of benzene rings is 2. The van der Waals surface area contributed by atoms with E-state index in [4.69, 9.17) is 4.74 Å². The monoisotopic (exact) mass is 286 g/mol. The predicted molar refractivity (Wildman–Crippen MR) is 83.9 cm³/mol. The first-order valence-electron chi connectivity index (χ1n) is 6.87. The van der Waals surface area contributed by atoms with Crippen LogP contribution in [0.15, 0.2) is 54.6 Å². The predicted octanol–water partition coefficient (Wildman–Crippen LogP) is 3.52. The molecule has 1 N–H and O–H groups in total. The fraction of sp³-hybridized carbons (Fsp3) is 0.294. The average Bonchev–Trinajstić information content (AvgIpc) is 2.56. The highest BCUT2D eigenvalue weighted by molar-refractivity contribution is 7.99. The summed E-state index contributed by atoms with van der Waals surface area (Å²) in [5.74, 6) is 1.89. The highest BCUT2D eigenvalue weighted by Gasteiger charge is 2.24. The van der Waals surface area contributed by atoms with E-state index in [1.165, 1.54) is 11.1 Å². The zero-order valence-corrected chi connectivity index (χ0v) is 12.1. The molecule has 1 fully saturated rings. The highest BCUT2D eigenvalue weighted by Crippen LogP contribution is 2.27. The van der Waals surface area contributed by atoms with Crippen LogP contribution in [0.2, 0.25) is 0 Å². The Kier molecular flexibility index (Phi) is 4.41. The van der Waals surface area contributed by atoms with Gasteiger partial charge in [-0.05, 0) is 16.7 Å². The number of thioether (sulfide) groups is 1. The van der Waals surface area contributed by atoms with Crippen LogP contribution < -0.4 is 0 Å². The van der Waals surface area contributed by atoms with E-state index < -0.39 is 6.10 Å². The van der Waals surface area contributed by atoms with E-state index in [-0.39, 0.29) is 6.10 Å². The second-order valence-corrected chi connectivity index (χ2v) is 6.07. The molecule has 3 rings (SSSR count). The molecule has 2 aromatic rings. The lowest BCUT2D eigenvalue weighted by molar-refractivity contribution is -0.0227. The van der Waals surface area contributed by atoms with E-state index in [9.17, 15) is 5.11 Å². The van der Waals surface area contributed by atoms with Crippen LogP contribution in [-0.4, -0.2) is 29.3 Å². The second kappa shape index (κ2) is 6.44. The van der Waals surface area contributed by atoms with Crippen molar-refractivity contribution < 1.29 is 9.84 Å². The van der Waals surface area contributed by atoms with Gasteiger partial charge in [0, 0.05) is 11.5 Å². The molecule has 0 bridgehead atoms. The van der Waals surface area contributed by atoms with Crippen LogP contribution in [0.3, 0.4) is 0 Å². The van der Waals surface area contributed by atoms with Crippen LogP contribution in [0.1, 0.15) is 11.7 Å². The molecule has 2 unspecified atom stereocenters. The quantitative estimate of drug-likeness (QED) is 0.936. The molecular weight excluding hydrogens is 268 g/mol.